The lowest BCUT2D eigenvalue weighted by Gasteiger charge is -1.93. The van der Waals surface area contributed by atoms with Gasteiger partial charge in [-0.3, -0.25) is 4.40 Å². The molecule has 50 valence electrons. The normalized spacial score (nSPS) is 10.5. The third kappa shape index (κ3) is 0.792. The molecule has 0 aliphatic heterocycles. The van der Waals surface area contributed by atoms with E-state index in [4.69, 9.17) is 0 Å². The Kier molecular flexibility index (Phi) is 1.33. The van der Waals surface area contributed by atoms with E-state index in [-0.39, 0.29) is 0 Å². The predicted octanol–water partition coefficient (Wildman–Crippen LogP) is 1.33. The van der Waals surface area contributed by atoms with Crippen molar-refractivity contribution in [3.63, 3.8) is 0 Å². The Labute approximate surface area is 71.3 Å². The molecule has 2 rings (SSSR count). The molecule has 0 saturated heterocycles. The average molecular weight is 245 g/mol. The molecule has 0 spiro atoms. The van der Waals surface area contributed by atoms with Gasteiger partial charge in [0, 0.05) is 6.20 Å². The Morgan fingerprint density at radius 1 is 1.50 bits per heavy atom. The molecule has 0 radical (unpaired) electrons. The van der Waals surface area contributed by atoms with E-state index < -0.39 is 0 Å². The van der Waals surface area contributed by atoms with E-state index in [1.165, 1.54) is 0 Å². The van der Waals surface area contributed by atoms with Crippen molar-refractivity contribution >= 4 is 28.2 Å². The van der Waals surface area contributed by atoms with Crippen LogP contribution in [0.3, 0.4) is 0 Å². The van der Waals surface area contributed by atoms with Crippen molar-refractivity contribution in [2.75, 3.05) is 0 Å². The predicted molar refractivity (Wildman–Crippen MR) is 45.7 cm³/mol. The lowest BCUT2D eigenvalue weighted by molar-refractivity contribution is 1.07. The van der Waals surface area contributed by atoms with Crippen molar-refractivity contribution in [1.29, 1.82) is 0 Å². The fourth-order valence-corrected chi connectivity index (χ4v) is 1.34. The van der Waals surface area contributed by atoms with Gasteiger partial charge in [-0.1, -0.05) is 0 Å². The lowest BCUT2D eigenvalue weighted by Crippen LogP contribution is -1.88. The molecule has 2 heterocycles. The summed E-state index contributed by atoms with van der Waals surface area (Å²) in [6.07, 6.45) is 5.27. The first-order valence-corrected chi connectivity index (χ1v) is 3.88. The molecule has 2 aromatic heterocycles. The highest BCUT2D eigenvalue weighted by Crippen LogP contribution is 2.05. The van der Waals surface area contributed by atoms with E-state index in [0.29, 0.717) is 0 Å². The Morgan fingerprint density at radius 3 is 3.20 bits per heavy atom. The van der Waals surface area contributed by atoms with Crippen LogP contribution in [-0.4, -0.2) is 14.4 Å². The fraction of sp³-hybridized carbons (Fsp3) is 0. The summed E-state index contributed by atoms with van der Waals surface area (Å²) >= 11 is 2.24. The highest BCUT2D eigenvalue weighted by atomic mass is 127. The average Bonchev–Trinajstić information content (AvgIpc) is 2.36. The number of halogens is 1. The number of nitrogens with zero attached hydrogens (tertiary/aromatic N) is 3. The van der Waals surface area contributed by atoms with Gasteiger partial charge in [0.2, 0.25) is 0 Å². The van der Waals surface area contributed by atoms with Crippen LogP contribution in [0.5, 0.6) is 0 Å². The zero-order valence-electron chi connectivity index (χ0n) is 5.03. The first-order chi connectivity index (χ1) is 4.88. The number of hydrogen-bond acceptors (Lipinski definition) is 2. The summed E-state index contributed by atoms with van der Waals surface area (Å²) in [5.41, 5.74) is 0.895. The molecule has 0 N–H and O–H groups in total. The van der Waals surface area contributed by atoms with E-state index in [1.54, 1.807) is 18.7 Å². The van der Waals surface area contributed by atoms with Gasteiger partial charge in [-0.05, 0) is 28.7 Å². The zero-order valence-corrected chi connectivity index (χ0v) is 7.19. The van der Waals surface area contributed by atoms with Gasteiger partial charge in [-0.15, -0.1) is 0 Å². The quantitative estimate of drug-likeness (QED) is 0.517. The van der Waals surface area contributed by atoms with E-state index in [0.717, 1.165) is 9.35 Å². The number of aromatic nitrogens is 3. The Bertz CT molecular complexity index is 355. The second kappa shape index (κ2) is 2.19. The van der Waals surface area contributed by atoms with Crippen molar-refractivity contribution in [2.45, 2.75) is 0 Å². The van der Waals surface area contributed by atoms with Gasteiger partial charge in [-0.2, -0.15) is 0 Å². The molecule has 0 saturated carbocycles. The summed E-state index contributed by atoms with van der Waals surface area (Å²) in [6.45, 7) is 0. The summed E-state index contributed by atoms with van der Waals surface area (Å²) in [6, 6.07) is 1.94. The SMILES string of the molecule is Ic1ccnc2cncn12. The molecular formula is C6H4IN3. The Balaban J connectivity index is 2.95. The summed E-state index contributed by atoms with van der Waals surface area (Å²) in [5.74, 6) is 0. The topological polar surface area (TPSA) is 30.2 Å². The highest BCUT2D eigenvalue weighted by molar-refractivity contribution is 14.1. The maximum Gasteiger partial charge on any atom is 0.157 e. The fourth-order valence-electron chi connectivity index (χ4n) is 0.804. The molecule has 0 fully saturated rings. The summed E-state index contributed by atoms with van der Waals surface area (Å²) < 4.78 is 3.06. The summed E-state index contributed by atoms with van der Waals surface area (Å²) in [7, 11) is 0. The lowest BCUT2D eigenvalue weighted by atomic mass is 10.6. The van der Waals surface area contributed by atoms with Gasteiger partial charge < -0.3 is 0 Å². The van der Waals surface area contributed by atoms with E-state index in [2.05, 4.69) is 32.6 Å². The Hall–Kier alpha value is -0.650. The van der Waals surface area contributed by atoms with Crippen molar-refractivity contribution in [3.05, 3.63) is 28.5 Å². The zero-order chi connectivity index (χ0) is 6.97. The van der Waals surface area contributed by atoms with Gasteiger partial charge in [0.1, 0.15) is 6.33 Å². The minimum Gasteiger partial charge on any atom is -0.278 e. The van der Waals surface area contributed by atoms with Crippen LogP contribution in [0.25, 0.3) is 5.65 Å². The third-order valence-electron chi connectivity index (χ3n) is 1.27. The first-order valence-electron chi connectivity index (χ1n) is 2.80. The number of rotatable bonds is 0. The smallest absolute Gasteiger partial charge is 0.157 e. The van der Waals surface area contributed by atoms with Gasteiger partial charge in [-0.25, -0.2) is 9.97 Å². The Morgan fingerprint density at radius 2 is 2.40 bits per heavy atom. The molecule has 0 aliphatic rings. The molecule has 2 aromatic rings. The maximum absolute atomic E-state index is 4.10. The van der Waals surface area contributed by atoms with E-state index in [9.17, 15) is 0 Å². The number of imidazole rings is 1. The first kappa shape index (κ1) is 6.09. The second-order valence-corrected chi connectivity index (χ2v) is 2.99. The molecule has 4 heteroatoms. The molecule has 0 aromatic carbocycles. The van der Waals surface area contributed by atoms with E-state index >= 15 is 0 Å². The van der Waals surface area contributed by atoms with Crippen molar-refractivity contribution in [2.24, 2.45) is 0 Å². The summed E-state index contributed by atoms with van der Waals surface area (Å²) in [5, 5.41) is 0. The standard InChI is InChI=1S/C6H4IN3/c7-5-1-2-9-6-3-8-4-10(5)6/h1-4H. The van der Waals surface area contributed by atoms with Crippen LogP contribution in [0.15, 0.2) is 24.8 Å². The van der Waals surface area contributed by atoms with Crippen LogP contribution >= 0.6 is 22.6 Å². The molecule has 0 aliphatic carbocycles. The van der Waals surface area contributed by atoms with Crippen molar-refractivity contribution in [3.8, 4) is 0 Å². The minimum atomic E-state index is 0.895. The van der Waals surface area contributed by atoms with Gasteiger partial charge in [0.25, 0.3) is 0 Å². The van der Waals surface area contributed by atoms with Gasteiger partial charge in [0.05, 0.1) is 9.90 Å². The molecule has 0 unspecified atom stereocenters. The maximum atomic E-state index is 4.10. The second-order valence-electron chi connectivity index (χ2n) is 1.89. The largest absolute Gasteiger partial charge is 0.278 e. The van der Waals surface area contributed by atoms with Gasteiger partial charge in [0.15, 0.2) is 5.65 Å². The van der Waals surface area contributed by atoms with Crippen molar-refractivity contribution < 1.29 is 0 Å². The van der Waals surface area contributed by atoms with Crippen LogP contribution in [-0.2, 0) is 0 Å². The van der Waals surface area contributed by atoms with E-state index in [1.807, 2.05) is 10.5 Å². The number of fused-ring (bicyclic) bond motifs is 1. The molecule has 3 nitrogen and oxygen atoms in total. The molecular weight excluding hydrogens is 241 g/mol. The van der Waals surface area contributed by atoms with Crippen LogP contribution in [0.2, 0.25) is 0 Å². The molecule has 0 atom stereocenters. The number of hydrogen-bond donors (Lipinski definition) is 0. The van der Waals surface area contributed by atoms with Crippen LogP contribution in [0.1, 0.15) is 0 Å². The molecule has 0 amide bonds. The summed E-state index contributed by atoms with van der Waals surface area (Å²) in [4.78, 5) is 8.06. The highest BCUT2D eigenvalue weighted by Gasteiger charge is 1.94. The van der Waals surface area contributed by atoms with Crippen LogP contribution in [0.4, 0.5) is 0 Å². The van der Waals surface area contributed by atoms with Gasteiger partial charge >= 0.3 is 0 Å². The van der Waals surface area contributed by atoms with Crippen LogP contribution in [0, 0.1) is 3.70 Å². The molecule has 0 bridgehead atoms. The minimum absolute atomic E-state index is 0.895. The monoisotopic (exact) mass is 245 g/mol. The van der Waals surface area contributed by atoms with Crippen LogP contribution < -0.4 is 0 Å². The molecule has 10 heavy (non-hydrogen) atoms. The third-order valence-corrected chi connectivity index (χ3v) is 2.15. The van der Waals surface area contributed by atoms with Crippen molar-refractivity contribution in [1.82, 2.24) is 14.4 Å².